The molecule has 24 heavy (non-hydrogen) atoms. The highest BCUT2D eigenvalue weighted by Gasteiger charge is 2.03. The number of methoxy groups -OCH3 is 1. The Morgan fingerprint density at radius 3 is 2.79 bits per heavy atom. The van der Waals surface area contributed by atoms with Gasteiger partial charge >= 0.3 is 0 Å². The molecule has 0 fully saturated rings. The molecule has 3 aromatic rings. The number of hydrogen-bond donors (Lipinski definition) is 0. The monoisotopic (exact) mass is 318 g/mol. The normalized spacial score (nSPS) is 10.9. The van der Waals surface area contributed by atoms with Crippen LogP contribution in [0, 0.1) is 0 Å². The minimum Gasteiger partial charge on any atom is -0.497 e. The van der Waals surface area contributed by atoms with Gasteiger partial charge in [-0.15, -0.1) is 0 Å². The second kappa shape index (κ2) is 7.42. The second-order valence-electron chi connectivity index (χ2n) is 5.39. The highest BCUT2D eigenvalue weighted by molar-refractivity contribution is 6.07. The van der Waals surface area contributed by atoms with Gasteiger partial charge in [0.2, 0.25) is 0 Å². The van der Waals surface area contributed by atoms with Crippen LogP contribution in [-0.4, -0.2) is 22.7 Å². The first-order chi connectivity index (χ1) is 11.7. The molecule has 0 amide bonds. The van der Waals surface area contributed by atoms with Crippen LogP contribution in [0.5, 0.6) is 5.75 Å². The molecule has 1 aromatic heterocycles. The number of benzene rings is 2. The number of rotatable bonds is 6. The molecule has 0 saturated carbocycles. The van der Waals surface area contributed by atoms with Gasteiger partial charge in [0.05, 0.1) is 19.9 Å². The maximum atomic E-state index is 12.2. The van der Waals surface area contributed by atoms with E-state index >= 15 is 0 Å². The van der Waals surface area contributed by atoms with Crippen molar-refractivity contribution in [3.8, 4) is 5.75 Å². The summed E-state index contributed by atoms with van der Waals surface area (Å²) >= 11 is 0. The molecule has 3 rings (SSSR count). The summed E-state index contributed by atoms with van der Waals surface area (Å²) < 4.78 is 6.99. The van der Waals surface area contributed by atoms with Crippen molar-refractivity contribution < 1.29 is 9.53 Å². The van der Waals surface area contributed by atoms with E-state index in [1.165, 1.54) is 5.56 Å². The van der Waals surface area contributed by atoms with Crippen molar-refractivity contribution in [1.29, 1.82) is 0 Å². The topological polar surface area (TPSA) is 44.1 Å². The van der Waals surface area contributed by atoms with Gasteiger partial charge in [0.1, 0.15) is 5.75 Å². The van der Waals surface area contributed by atoms with E-state index in [0.717, 1.165) is 5.56 Å². The van der Waals surface area contributed by atoms with E-state index in [4.69, 9.17) is 4.74 Å². The van der Waals surface area contributed by atoms with E-state index in [0.29, 0.717) is 17.9 Å². The summed E-state index contributed by atoms with van der Waals surface area (Å²) in [5.41, 5.74) is 2.67. The summed E-state index contributed by atoms with van der Waals surface area (Å²) in [4.78, 5) is 12.2. The van der Waals surface area contributed by atoms with Gasteiger partial charge in [-0.2, -0.15) is 5.10 Å². The van der Waals surface area contributed by atoms with E-state index in [1.54, 1.807) is 43.7 Å². The van der Waals surface area contributed by atoms with Gasteiger partial charge in [0.25, 0.3) is 0 Å². The summed E-state index contributed by atoms with van der Waals surface area (Å²) in [6.45, 7) is 0.707. The summed E-state index contributed by atoms with van der Waals surface area (Å²) in [5.74, 6) is 0.606. The summed E-state index contributed by atoms with van der Waals surface area (Å²) in [7, 11) is 1.58. The largest absolute Gasteiger partial charge is 0.497 e. The van der Waals surface area contributed by atoms with Crippen molar-refractivity contribution in [3.63, 3.8) is 0 Å². The Bertz CT molecular complexity index is 851. The predicted octanol–water partition coefficient (Wildman–Crippen LogP) is 3.84. The first-order valence-electron chi connectivity index (χ1n) is 7.67. The molecule has 0 aliphatic heterocycles. The number of carbonyl (C=O) groups is 1. The lowest BCUT2D eigenvalue weighted by molar-refractivity contribution is 0.104. The van der Waals surface area contributed by atoms with E-state index in [-0.39, 0.29) is 5.78 Å². The van der Waals surface area contributed by atoms with Crippen LogP contribution in [0.4, 0.5) is 0 Å². The molecule has 1 heterocycles. The summed E-state index contributed by atoms with van der Waals surface area (Å²) in [5, 5.41) is 4.32. The number of ether oxygens (including phenoxy) is 1. The lowest BCUT2D eigenvalue weighted by Gasteiger charge is -2.01. The predicted molar refractivity (Wildman–Crippen MR) is 94.1 cm³/mol. The van der Waals surface area contributed by atoms with Crippen LogP contribution in [0.15, 0.2) is 73.1 Å². The Balaban J connectivity index is 1.67. The second-order valence-corrected chi connectivity index (χ2v) is 5.39. The molecule has 0 atom stereocenters. The van der Waals surface area contributed by atoms with Crippen molar-refractivity contribution in [2.75, 3.05) is 7.11 Å². The first-order valence-corrected chi connectivity index (χ1v) is 7.67. The van der Waals surface area contributed by atoms with Crippen LogP contribution in [0.2, 0.25) is 0 Å². The van der Waals surface area contributed by atoms with Gasteiger partial charge in [0, 0.05) is 17.3 Å². The average molecular weight is 318 g/mol. The van der Waals surface area contributed by atoms with E-state index in [9.17, 15) is 4.79 Å². The molecule has 0 aliphatic rings. The van der Waals surface area contributed by atoms with Crippen LogP contribution >= 0.6 is 0 Å². The van der Waals surface area contributed by atoms with Gasteiger partial charge in [0.15, 0.2) is 5.78 Å². The average Bonchev–Trinajstić information content (AvgIpc) is 3.08. The van der Waals surface area contributed by atoms with Gasteiger partial charge in [-0.3, -0.25) is 9.48 Å². The smallest absolute Gasteiger partial charge is 0.185 e. The summed E-state index contributed by atoms with van der Waals surface area (Å²) in [6, 6.07) is 17.2. The Hall–Kier alpha value is -3.14. The number of carbonyl (C=O) groups excluding carboxylic acids is 1. The van der Waals surface area contributed by atoms with E-state index < -0.39 is 0 Å². The summed E-state index contributed by atoms with van der Waals surface area (Å²) in [6.07, 6.45) is 7.00. The maximum Gasteiger partial charge on any atom is 0.185 e. The molecule has 0 N–H and O–H groups in total. The Labute approximate surface area is 141 Å². The molecule has 120 valence electrons. The van der Waals surface area contributed by atoms with Gasteiger partial charge < -0.3 is 4.74 Å². The zero-order valence-corrected chi connectivity index (χ0v) is 13.4. The number of hydrogen-bond acceptors (Lipinski definition) is 3. The lowest BCUT2D eigenvalue weighted by Crippen LogP contribution is -1.99. The lowest BCUT2D eigenvalue weighted by atomic mass is 10.1. The van der Waals surface area contributed by atoms with Gasteiger partial charge in [-0.05, 0) is 29.8 Å². The zero-order valence-electron chi connectivity index (χ0n) is 13.4. The van der Waals surface area contributed by atoms with Crippen LogP contribution < -0.4 is 4.74 Å². The fraction of sp³-hybridized carbons (Fsp3) is 0.100. The van der Waals surface area contributed by atoms with Crippen molar-refractivity contribution in [1.82, 2.24) is 9.78 Å². The molecular formula is C20H18N2O2. The van der Waals surface area contributed by atoms with Crippen LogP contribution in [-0.2, 0) is 6.54 Å². The van der Waals surface area contributed by atoms with Crippen LogP contribution in [0.3, 0.4) is 0 Å². The van der Waals surface area contributed by atoms with Crippen LogP contribution in [0.25, 0.3) is 6.08 Å². The molecule has 2 aromatic carbocycles. The van der Waals surface area contributed by atoms with Gasteiger partial charge in [-0.25, -0.2) is 0 Å². The molecular weight excluding hydrogens is 300 g/mol. The molecule has 4 heteroatoms. The third-order valence-electron chi connectivity index (χ3n) is 3.62. The van der Waals surface area contributed by atoms with E-state index in [1.807, 2.05) is 35.1 Å². The number of allylic oxidation sites excluding steroid dienone is 1. The first kappa shape index (κ1) is 15.7. The van der Waals surface area contributed by atoms with Crippen molar-refractivity contribution in [2.24, 2.45) is 0 Å². The number of aromatic nitrogens is 2. The minimum absolute atomic E-state index is 0.0651. The van der Waals surface area contributed by atoms with Crippen molar-refractivity contribution in [2.45, 2.75) is 6.54 Å². The molecule has 0 radical (unpaired) electrons. The zero-order chi connectivity index (χ0) is 16.8. The molecule has 0 unspecified atom stereocenters. The third kappa shape index (κ3) is 3.98. The van der Waals surface area contributed by atoms with Crippen LogP contribution in [0.1, 0.15) is 21.5 Å². The quantitative estimate of drug-likeness (QED) is 0.512. The fourth-order valence-electron chi connectivity index (χ4n) is 2.37. The molecule has 0 aliphatic carbocycles. The Kier molecular flexibility index (Phi) is 4.87. The molecule has 0 saturated heterocycles. The Morgan fingerprint density at radius 2 is 2.00 bits per heavy atom. The highest BCUT2D eigenvalue weighted by atomic mass is 16.5. The highest BCUT2D eigenvalue weighted by Crippen LogP contribution is 2.14. The number of nitrogens with zero attached hydrogens (tertiary/aromatic N) is 2. The minimum atomic E-state index is -0.0651. The van der Waals surface area contributed by atoms with E-state index in [2.05, 4.69) is 17.2 Å². The molecule has 4 nitrogen and oxygen atoms in total. The maximum absolute atomic E-state index is 12.2. The SMILES string of the molecule is COc1cccc(C(=O)/C=C/c2cnn(Cc3ccccc3)c2)c1. The van der Waals surface area contributed by atoms with Crippen molar-refractivity contribution in [3.05, 3.63) is 89.8 Å². The standard InChI is InChI=1S/C20H18N2O2/c1-24-19-9-5-8-18(12-19)20(23)11-10-17-13-21-22(15-17)14-16-6-3-2-4-7-16/h2-13,15H,14H2,1H3/b11-10+. The molecule has 0 spiro atoms. The van der Waals surface area contributed by atoms with Gasteiger partial charge in [-0.1, -0.05) is 42.5 Å². The third-order valence-corrected chi connectivity index (χ3v) is 3.62. The van der Waals surface area contributed by atoms with Crippen molar-refractivity contribution >= 4 is 11.9 Å². The Morgan fingerprint density at radius 1 is 1.17 bits per heavy atom. The number of ketones is 1. The molecule has 0 bridgehead atoms. The fourth-order valence-corrected chi connectivity index (χ4v) is 2.37.